The number of anilines is 1. The Morgan fingerprint density at radius 3 is 3.20 bits per heavy atom. The standard InChI is InChI=1S/C11H13N3O/c1-15-9-4-6-14(8-9)11-3-2-5-13-10(11)7-12/h2-3,5,9H,4,6,8H2,1H3. The lowest BCUT2D eigenvalue weighted by Gasteiger charge is -2.18. The Morgan fingerprint density at radius 2 is 2.53 bits per heavy atom. The molecular formula is C11H13N3O. The van der Waals surface area contributed by atoms with E-state index in [2.05, 4.69) is 16.0 Å². The first-order chi connectivity index (χ1) is 7.35. The molecule has 15 heavy (non-hydrogen) atoms. The molecule has 4 nitrogen and oxygen atoms in total. The molecule has 4 heteroatoms. The van der Waals surface area contributed by atoms with E-state index in [1.165, 1.54) is 0 Å². The normalized spacial score (nSPS) is 20.3. The topological polar surface area (TPSA) is 49.1 Å². The Kier molecular flexibility index (Phi) is 2.84. The first kappa shape index (κ1) is 9.94. The first-order valence-electron chi connectivity index (χ1n) is 4.98. The van der Waals surface area contributed by atoms with Crippen molar-refractivity contribution >= 4 is 5.69 Å². The van der Waals surface area contributed by atoms with Gasteiger partial charge in [-0.05, 0) is 18.6 Å². The molecule has 1 aromatic heterocycles. The van der Waals surface area contributed by atoms with Gasteiger partial charge < -0.3 is 9.64 Å². The Morgan fingerprint density at radius 1 is 1.67 bits per heavy atom. The zero-order chi connectivity index (χ0) is 10.7. The highest BCUT2D eigenvalue weighted by molar-refractivity contribution is 5.56. The smallest absolute Gasteiger partial charge is 0.163 e. The van der Waals surface area contributed by atoms with Crippen LogP contribution < -0.4 is 4.90 Å². The Labute approximate surface area is 89.1 Å². The molecule has 1 aliphatic heterocycles. The van der Waals surface area contributed by atoms with Crippen LogP contribution >= 0.6 is 0 Å². The van der Waals surface area contributed by atoms with Crippen LogP contribution in [0.1, 0.15) is 12.1 Å². The maximum Gasteiger partial charge on any atom is 0.163 e. The molecule has 0 spiro atoms. The van der Waals surface area contributed by atoms with E-state index in [9.17, 15) is 0 Å². The summed E-state index contributed by atoms with van der Waals surface area (Å²) in [5, 5.41) is 8.93. The third-order valence-electron chi connectivity index (χ3n) is 2.71. The van der Waals surface area contributed by atoms with Crippen molar-refractivity contribution in [1.82, 2.24) is 4.98 Å². The summed E-state index contributed by atoms with van der Waals surface area (Å²) in [7, 11) is 1.72. The van der Waals surface area contributed by atoms with Gasteiger partial charge in [-0.1, -0.05) is 0 Å². The van der Waals surface area contributed by atoms with Crippen molar-refractivity contribution in [3.8, 4) is 6.07 Å². The van der Waals surface area contributed by atoms with Crippen molar-refractivity contribution in [2.24, 2.45) is 0 Å². The maximum atomic E-state index is 8.93. The summed E-state index contributed by atoms with van der Waals surface area (Å²) < 4.78 is 5.29. The van der Waals surface area contributed by atoms with Crippen molar-refractivity contribution in [1.29, 1.82) is 5.26 Å². The molecule has 2 rings (SSSR count). The van der Waals surface area contributed by atoms with Crippen LogP contribution in [0.3, 0.4) is 0 Å². The fourth-order valence-corrected chi connectivity index (χ4v) is 1.88. The van der Waals surface area contributed by atoms with Gasteiger partial charge in [-0.15, -0.1) is 0 Å². The Balaban J connectivity index is 2.20. The monoisotopic (exact) mass is 203 g/mol. The highest BCUT2D eigenvalue weighted by atomic mass is 16.5. The van der Waals surface area contributed by atoms with Crippen LogP contribution in [0, 0.1) is 11.3 Å². The summed E-state index contributed by atoms with van der Waals surface area (Å²) in [5.41, 5.74) is 1.41. The van der Waals surface area contributed by atoms with E-state index in [1.807, 2.05) is 12.1 Å². The van der Waals surface area contributed by atoms with E-state index >= 15 is 0 Å². The molecule has 0 N–H and O–H groups in total. The Bertz CT molecular complexity index is 386. The lowest BCUT2D eigenvalue weighted by Crippen LogP contribution is -2.23. The number of methoxy groups -OCH3 is 1. The van der Waals surface area contributed by atoms with Gasteiger partial charge in [0.15, 0.2) is 5.69 Å². The minimum absolute atomic E-state index is 0.275. The van der Waals surface area contributed by atoms with Crippen molar-refractivity contribution in [2.45, 2.75) is 12.5 Å². The number of pyridine rings is 1. The predicted molar refractivity (Wildman–Crippen MR) is 56.6 cm³/mol. The number of hydrogen-bond acceptors (Lipinski definition) is 4. The van der Waals surface area contributed by atoms with Crippen LogP contribution in [0.25, 0.3) is 0 Å². The summed E-state index contributed by atoms with van der Waals surface area (Å²) in [4.78, 5) is 6.20. The van der Waals surface area contributed by atoms with Gasteiger partial charge >= 0.3 is 0 Å². The molecule has 1 aliphatic rings. The van der Waals surface area contributed by atoms with Crippen LogP contribution in [-0.4, -0.2) is 31.3 Å². The number of aromatic nitrogens is 1. The largest absolute Gasteiger partial charge is 0.380 e. The van der Waals surface area contributed by atoms with E-state index in [4.69, 9.17) is 10.00 Å². The molecule has 1 unspecified atom stereocenters. The van der Waals surface area contributed by atoms with Crippen molar-refractivity contribution < 1.29 is 4.74 Å². The summed E-state index contributed by atoms with van der Waals surface area (Å²) in [6.07, 6.45) is 2.93. The highest BCUT2D eigenvalue weighted by Gasteiger charge is 2.23. The molecule has 1 fully saturated rings. The first-order valence-corrected chi connectivity index (χ1v) is 4.98. The molecule has 0 amide bonds. The summed E-state index contributed by atoms with van der Waals surface area (Å²) >= 11 is 0. The molecular weight excluding hydrogens is 190 g/mol. The van der Waals surface area contributed by atoms with Crippen molar-refractivity contribution in [3.63, 3.8) is 0 Å². The Hall–Kier alpha value is -1.60. The third kappa shape index (κ3) is 1.92. The van der Waals surface area contributed by atoms with Gasteiger partial charge in [-0.3, -0.25) is 0 Å². The van der Waals surface area contributed by atoms with Crippen molar-refractivity contribution in [3.05, 3.63) is 24.0 Å². The molecule has 0 radical (unpaired) electrons. The maximum absolute atomic E-state index is 8.93. The van der Waals surface area contributed by atoms with Crippen LogP contribution in [0.4, 0.5) is 5.69 Å². The lowest BCUT2D eigenvalue weighted by molar-refractivity contribution is 0.121. The van der Waals surface area contributed by atoms with E-state index < -0.39 is 0 Å². The molecule has 0 bridgehead atoms. The molecule has 2 heterocycles. The number of rotatable bonds is 2. The van der Waals surface area contributed by atoms with Crippen LogP contribution in [-0.2, 0) is 4.74 Å². The van der Waals surface area contributed by atoms with Crippen molar-refractivity contribution in [2.75, 3.05) is 25.1 Å². The minimum atomic E-state index is 0.275. The van der Waals surface area contributed by atoms with Gasteiger partial charge in [0.05, 0.1) is 11.8 Å². The van der Waals surface area contributed by atoms with Crippen LogP contribution in [0.5, 0.6) is 0 Å². The molecule has 1 saturated heterocycles. The van der Waals surface area contributed by atoms with Gasteiger partial charge in [0, 0.05) is 26.4 Å². The SMILES string of the molecule is COC1CCN(c2cccnc2C#N)C1. The number of hydrogen-bond donors (Lipinski definition) is 0. The van der Waals surface area contributed by atoms with Crippen LogP contribution in [0.2, 0.25) is 0 Å². The number of nitrogens with zero attached hydrogens (tertiary/aromatic N) is 3. The molecule has 0 saturated carbocycles. The predicted octanol–water partition coefficient (Wildman–Crippen LogP) is 1.18. The number of nitriles is 1. The minimum Gasteiger partial charge on any atom is -0.380 e. The second-order valence-electron chi connectivity index (χ2n) is 3.58. The molecule has 78 valence electrons. The second-order valence-corrected chi connectivity index (χ2v) is 3.58. The fraction of sp³-hybridized carbons (Fsp3) is 0.455. The molecule has 1 atom stereocenters. The average Bonchev–Trinajstić information content (AvgIpc) is 2.77. The third-order valence-corrected chi connectivity index (χ3v) is 2.71. The summed E-state index contributed by atoms with van der Waals surface area (Å²) in [6, 6.07) is 5.90. The van der Waals surface area contributed by atoms with Gasteiger partial charge in [0.25, 0.3) is 0 Å². The zero-order valence-corrected chi connectivity index (χ0v) is 8.68. The lowest BCUT2D eigenvalue weighted by atomic mass is 10.3. The second kappa shape index (κ2) is 4.28. The highest BCUT2D eigenvalue weighted by Crippen LogP contribution is 2.23. The molecule has 0 aromatic carbocycles. The summed E-state index contributed by atoms with van der Waals surface area (Å²) in [5.74, 6) is 0. The summed E-state index contributed by atoms with van der Waals surface area (Å²) in [6.45, 7) is 1.77. The van der Waals surface area contributed by atoms with Crippen LogP contribution in [0.15, 0.2) is 18.3 Å². The molecule has 1 aromatic rings. The van der Waals surface area contributed by atoms with E-state index in [-0.39, 0.29) is 6.10 Å². The van der Waals surface area contributed by atoms with E-state index in [0.717, 1.165) is 25.2 Å². The zero-order valence-electron chi connectivity index (χ0n) is 8.68. The van der Waals surface area contributed by atoms with Gasteiger partial charge in [0.2, 0.25) is 0 Å². The fourth-order valence-electron chi connectivity index (χ4n) is 1.88. The van der Waals surface area contributed by atoms with Gasteiger partial charge in [-0.2, -0.15) is 5.26 Å². The van der Waals surface area contributed by atoms with E-state index in [1.54, 1.807) is 13.3 Å². The van der Waals surface area contributed by atoms with Gasteiger partial charge in [-0.25, -0.2) is 4.98 Å². The van der Waals surface area contributed by atoms with E-state index in [0.29, 0.717) is 5.69 Å². The van der Waals surface area contributed by atoms with Gasteiger partial charge in [0.1, 0.15) is 6.07 Å². The quantitative estimate of drug-likeness (QED) is 0.724. The molecule has 0 aliphatic carbocycles. The number of ether oxygens (including phenoxy) is 1. The average molecular weight is 203 g/mol.